The molecule has 1 aliphatic rings. The van der Waals surface area contributed by atoms with Crippen molar-refractivity contribution in [2.75, 3.05) is 33.4 Å². The molecule has 0 heterocycles. The van der Waals surface area contributed by atoms with E-state index in [0.717, 1.165) is 25.7 Å². The summed E-state index contributed by atoms with van der Waals surface area (Å²) in [5.74, 6) is 1.08. The number of hydrogen-bond acceptors (Lipinski definition) is 4. The fourth-order valence-electron chi connectivity index (χ4n) is 3.46. The molecule has 0 atom stereocenters. The largest absolute Gasteiger partial charge is 0.490 e. The highest BCUT2D eigenvalue weighted by molar-refractivity contribution is 5.94. The number of ether oxygens (including phenoxy) is 2. The Morgan fingerprint density at radius 2 is 2.04 bits per heavy atom. The van der Waals surface area contributed by atoms with Crippen LogP contribution in [0.5, 0.6) is 11.5 Å². The van der Waals surface area contributed by atoms with Crippen LogP contribution in [0.3, 0.4) is 0 Å². The molecule has 1 aliphatic carbocycles. The number of benzene rings is 1. The highest BCUT2D eigenvalue weighted by Crippen LogP contribution is 2.38. The normalized spacial score (nSPS) is 15.6. The van der Waals surface area contributed by atoms with Gasteiger partial charge in [-0.25, -0.2) is 0 Å². The van der Waals surface area contributed by atoms with Crippen LogP contribution >= 0.6 is 0 Å². The van der Waals surface area contributed by atoms with Crippen LogP contribution in [-0.2, 0) is 0 Å². The SMILES string of the molecule is C=CCOc1ccc(C(=O)N(C)CC2(CO)CCCC2)cc1OCC. The van der Waals surface area contributed by atoms with Gasteiger partial charge in [0, 0.05) is 24.6 Å². The summed E-state index contributed by atoms with van der Waals surface area (Å²) >= 11 is 0. The second-order valence-corrected chi connectivity index (χ2v) is 6.72. The average Bonchev–Trinajstić information content (AvgIpc) is 3.09. The van der Waals surface area contributed by atoms with Crippen LogP contribution in [0.4, 0.5) is 0 Å². The predicted molar refractivity (Wildman–Crippen MR) is 98.3 cm³/mol. The summed E-state index contributed by atoms with van der Waals surface area (Å²) in [5, 5.41) is 9.77. The van der Waals surface area contributed by atoms with Crippen LogP contribution in [0, 0.1) is 5.41 Å². The smallest absolute Gasteiger partial charge is 0.253 e. The van der Waals surface area contributed by atoms with Gasteiger partial charge < -0.3 is 19.5 Å². The third-order valence-electron chi connectivity index (χ3n) is 4.77. The molecule has 2 rings (SSSR count). The maximum atomic E-state index is 12.8. The molecular formula is C20H29NO4. The summed E-state index contributed by atoms with van der Waals surface area (Å²) in [4.78, 5) is 14.5. The highest BCUT2D eigenvalue weighted by atomic mass is 16.5. The van der Waals surface area contributed by atoms with Crippen LogP contribution in [0.15, 0.2) is 30.9 Å². The Labute approximate surface area is 150 Å². The number of hydrogen-bond donors (Lipinski definition) is 1. The van der Waals surface area contributed by atoms with E-state index >= 15 is 0 Å². The Bertz CT molecular complexity index is 593. The summed E-state index contributed by atoms with van der Waals surface area (Å²) in [5.41, 5.74) is 0.406. The molecule has 5 nitrogen and oxygen atoms in total. The predicted octanol–water partition coefficient (Wildman–Crippen LogP) is 3.27. The Hall–Kier alpha value is -2.01. The summed E-state index contributed by atoms with van der Waals surface area (Å²) < 4.78 is 11.2. The molecule has 1 aromatic rings. The summed E-state index contributed by atoms with van der Waals surface area (Å²) in [7, 11) is 1.79. The van der Waals surface area contributed by atoms with Gasteiger partial charge in [-0.3, -0.25) is 4.79 Å². The lowest BCUT2D eigenvalue weighted by Crippen LogP contribution is -2.39. The lowest BCUT2D eigenvalue weighted by molar-refractivity contribution is 0.0594. The fourth-order valence-corrected chi connectivity index (χ4v) is 3.46. The van der Waals surface area contributed by atoms with Crippen LogP contribution < -0.4 is 9.47 Å². The van der Waals surface area contributed by atoms with Crippen molar-refractivity contribution in [3.8, 4) is 11.5 Å². The minimum absolute atomic E-state index is 0.0732. The van der Waals surface area contributed by atoms with Gasteiger partial charge in [0.15, 0.2) is 11.5 Å². The van der Waals surface area contributed by atoms with Gasteiger partial charge in [0.05, 0.1) is 13.2 Å². The van der Waals surface area contributed by atoms with Crippen molar-refractivity contribution in [3.05, 3.63) is 36.4 Å². The minimum atomic E-state index is -0.153. The average molecular weight is 347 g/mol. The van der Waals surface area contributed by atoms with Crippen LogP contribution in [0.1, 0.15) is 43.0 Å². The van der Waals surface area contributed by atoms with E-state index in [2.05, 4.69) is 6.58 Å². The first-order chi connectivity index (χ1) is 12.0. The quantitative estimate of drug-likeness (QED) is 0.697. The molecule has 1 fully saturated rings. The lowest BCUT2D eigenvalue weighted by atomic mass is 9.86. The van der Waals surface area contributed by atoms with Crippen molar-refractivity contribution in [1.82, 2.24) is 4.90 Å². The van der Waals surface area contributed by atoms with Gasteiger partial charge in [0.25, 0.3) is 5.91 Å². The third-order valence-corrected chi connectivity index (χ3v) is 4.77. The van der Waals surface area contributed by atoms with Crippen LogP contribution in [-0.4, -0.2) is 49.3 Å². The monoisotopic (exact) mass is 347 g/mol. The van der Waals surface area contributed by atoms with Gasteiger partial charge in [-0.1, -0.05) is 25.5 Å². The Balaban J connectivity index is 2.14. The maximum Gasteiger partial charge on any atom is 0.253 e. The van der Waals surface area contributed by atoms with Crippen LogP contribution in [0.25, 0.3) is 0 Å². The van der Waals surface area contributed by atoms with Gasteiger partial charge in [-0.05, 0) is 38.0 Å². The molecule has 1 N–H and O–H groups in total. The fraction of sp³-hybridized carbons (Fsp3) is 0.550. The number of carbonyl (C=O) groups is 1. The summed E-state index contributed by atoms with van der Waals surface area (Å²) in [6.45, 7) is 7.10. The molecule has 138 valence electrons. The minimum Gasteiger partial charge on any atom is -0.490 e. The zero-order valence-corrected chi connectivity index (χ0v) is 15.3. The van der Waals surface area contributed by atoms with E-state index in [4.69, 9.17) is 9.47 Å². The first kappa shape index (κ1) is 19.3. The zero-order chi connectivity index (χ0) is 18.3. The number of aliphatic hydroxyl groups is 1. The van der Waals surface area contributed by atoms with Crippen molar-refractivity contribution < 1.29 is 19.4 Å². The number of carbonyl (C=O) groups excluding carboxylic acids is 1. The molecule has 0 saturated heterocycles. The van der Waals surface area contributed by atoms with E-state index in [0.29, 0.717) is 36.8 Å². The van der Waals surface area contributed by atoms with Crippen molar-refractivity contribution in [2.24, 2.45) is 5.41 Å². The van der Waals surface area contributed by atoms with E-state index in [-0.39, 0.29) is 17.9 Å². The van der Waals surface area contributed by atoms with Crippen molar-refractivity contribution in [1.29, 1.82) is 0 Å². The molecule has 25 heavy (non-hydrogen) atoms. The first-order valence-electron chi connectivity index (χ1n) is 8.92. The van der Waals surface area contributed by atoms with Crippen LogP contribution in [0.2, 0.25) is 0 Å². The molecule has 1 amide bonds. The lowest BCUT2D eigenvalue weighted by Gasteiger charge is -2.32. The van der Waals surface area contributed by atoms with E-state index in [1.165, 1.54) is 0 Å². The van der Waals surface area contributed by atoms with E-state index in [9.17, 15) is 9.90 Å². The molecule has 0 aliphatic heterocycles. The molecule has 0 unspecified atom stereocenters. The molecule has 5 heteroatoms. The third kappa shape index (κ3) is 4.75. The van der Waals surface area contributed by atoms with Gasteiger partial charge >= 0.3 is 0 Å². The maximum absolute atomic E-state index is 12.8. The molecule has 0 aromatic heterocycles. The number of aliphatic hydroxyl groups excluding tert-OH is 1. The van der Waals surface area contributed by atoms with Gasteiger partial charge in [-0.2, -0.15) is 0 Å². The van der Waals surface area contributed by atoms with E-state index < -0.39 is 0 Å². The number of rotatable bonds is 9. The van der Waals surface area contributed by atoms with Gasteiger partial charge in [0.2, 0.25) is 0 Å². The molecule has 0 bridgehead atoms. The molecule has 0 radical (unpaired) electrons. The van der Waals surface area contributed by atoms with E-state index in [1.807, 2.05) is 6.92 Å². The second-order valence-electron chi connectivity index (χ2n) is 6.72. The number of amides is 1. The Morgan fingerprint density at radius 1 is 1.32 bits per heavy atom. The van der Waals surface area contributed by atoms with Crippen molar-refractivity contribution in [2.45, 2.75) is 32.6 Å². The second kappa shape index (κ2) is 8.90. The standard InChI is InChI=1S/C20H29NO4/c1-4-12-25-17-9-8-16(13-18(17)24-5-2)19(23)21(3)14-20(15-22)10-6-7-11-20/h4,8-9,13,22H,1,5-7,10-12,14-15H2,2-3H3. The highest BCUT2D eigenvalue weighted by Gasteiger charge is 2.35. The Kier molecular flexibility index (Phi) is 6.88. The van der Waals surface area contributed by atoms with Gasteiger partial charge in [-0.15, -0.1) is 0 Å². The van der Waals surface area contributed by atoms with Crippen molar-refractivity contribution in [3.63, 3.8) is 0 Å². The first-order valence-corrected chi connectivity index (χ1v) is 8.92. The molecule has 0 spiro atoms. The number of nitrogens with zero attached hydrogens (tertiary/aromatic N) is 1. The Morgan fingerprint density at radius 3 is 2.64 bits per heavy atom. The molecule has 1 aromatic carbocycles. The zero-order valence-electron chi connectivity index (χ0n) is 15.3. The topological polar surface area (TPSA) is 59.0 Å². The summed E-state index contributed by atoms with van der Waals surface area (Å²) in [6.07, 6.45) is 5.84. The van der Waals surface area contributed by atoms with Crippen molar-refractivity contribution >= 4 is 5.91 Å². The van der Waals surface area contributed by atoms with E-state index in [1.54, 1.807) is 36.2 Å². The molecule has 1 saturated carbocycles. The van der Waals surface area contributed by atoms with Gasteiger partial charge in [0.1, 0.15) is 6.61 Å². The summed E-state index contributed by atoms with van der Waals surface area (Å²) in [6, 6.07) is 5.23. The molecular weight excluding hydrogens is 318 g/mol.